The van der Waals surface area contributed by atoms with Crippen molar-refractivity contribution in [3.05, 3.63) is 24.3 Å². The molecule has 0 aliphatic heterocycles. The summed E-state index contributed by atoms with van der Waals surface area (Å²) >= 11 is 0. The monoisotopic (exact) mass is 223 g/mol. The summed E-state index contributed by atoms with van der Waals surface area (Å²) in [6, 6.07) is 6.33. The average molecular weight is 223 g/mol. The molecule has 4 heteroatoms. The molecule has 4 nitrogen and oxygen atoms in total. The topological polar surface area (TPSA) is 58.6 Å². The number of anilines is 1. The lowest BCUT2D eigenvalue weighted by atomic mass is 10.1. The number of aromatic hydroxyl groups is 1. The molecule has 0 radical (unpaired) electrons. The lowest BCUT2D eigenvalue weighted by molar-refractivity contribution is 0.0940. The van der Waals surface area contributed by atoms with Gasteiger partial charge in [-0.05, 0) is 25.0 Å². The Hall–Kier alpha value is -1.71. The molecule has 1 aromatic rings. The molecule has 0 saturated carbocycles. The maximum absolute atomic E-state index is 11.4. The first-order chi connectivity index (χ1) is 7.49. The summed E-state index contributed by atoms with van der Waals surface area (Å²) in [6.07, 6.45) is -0.649. The fourth-order valence-electron chi connectivity index (χ4n) is 1.04. The normalized spacial score (nSPS) is 12.2. The highest BCUT2D eigenvalue weighted by molar-refractivity contribution is 5.84. The molecule has 1 atom stereocenters. The molecule has 0 spiro atoms. The van der Waals surface area contributed by atoms with Gasteiger partial charge in [-0.25, -0.2) is 4.79 Å². The van der Waals surface area contributed by atoms with Crippen LogP contribution in [0.15, 0.2) is 24.3 Å². The SMILES string of the molecule is CC(C)[C@H](C)OC(=O)Nc1cccc(O)c1. The zero-order valence-corrected chi connectivity index (χ0v) is 9.73. The minimum Gasteiger partial charge on any atom is -0.508 e. The second-order valence-corrected chi connectivity index (χ2v) is 4.03. The molecule has 0 heterocycles. The van der Waals surface area contributed by atoms with Gasteiger partial charge in [0.1, 0.15) is 11.9 Å². The standard InChI is InChI=1S/C12H17NO3/c1-8(2)9(3)16-12(15)13-10-5-4-6-11(14)7-10/h4-9,14H,1-3H3,(H,13,15)/t9-/m0/s1. The van der Waals surface area contributed by atoms with Crippen LogP contribution in [-0.2, 0) is 4.74 Å². The van der Waals surface area contributed by atoms with Crippen molar-refractivity contribution in [3.8, 4) is 5.75 Å². The van der Waals surface area contributed by atoms with Gasteiger partial charge in [-0.1, -0.05) is 19.9 Å². The summed E-state index contributed by atoms with van der Waals surface area (Å²) in [6.45, 7) is 5.80. The van der Waals surface area contributed by atoms with Gasteiger partial charge < -0.3 is 9.84 Å². The van der Waals surface area contributed by atoms with E-state index in [9.17, 15) is 9.90 Å². The van der Waals surface area contributed by atoms with E-state index in [2.05, 4.69) is 5.32 Å². The van der Waals surface area contributed by atoms with E-state index in [1.54, 1.807) is 12.1 Å². The molecule has 0 aliphatic rings. The van der Waals surface area contributed by atoms with E-state index in [0.717, 1.165) is 0 Å². The third-order valence-electron chi connectivity index (χ3n) is 2.32. The Balaban J connectivity index is 2.52. The molecule has 1 aromatic carbocycles. The third kappa shape index (κ3) is 3.81. The molecule has 1 amide bonds. The zero-order chi connectivity index (χ0) is 12.1. The Labute approximate surface area is 95.2 Å². The molecule has 0 unspecified atom stereocenters. The van der Waals surface area contributed by atoms with E-state index >= 15 is 0 Å². The number of phenolic OH excluding ortho intramolecular Hbond substituents is 1. The molecule has 0 bridgehead atoms. The highest BCUT2D eigenvalue weighted by Gasteiger charge is 2.12. The Morgan fingerprint density at radius 3 is 2.62 bits per heavy atom. The number of hydrogen-bond donors (Lipinski definition) is 2. The van der Waals surface area contributed by atoms with E-state index in [1.807, 2.05) is 20.8 Å². The van der Waals surface area contributed by atoms with Gasteiger partial charge in [0.05, 0.1) is 0 Å². The molecule has 88 valence electrons. The predicted molar refractivity (Wildman–Crippen MR) is 62.5 cm³/mol. The van der Waals surface area contributed by atoms with Crippen LogP contribution in [0, 0.1) is 5.92 Å². The minimum atomic E-state index is -0.508. The summed E-state index contributed by atoms with van der Waals surface area (Å²) in [4.78, 5) is 11.4. The number of benzene rings is 1. The van der Waals surface area contributed by atoms with E-state index in [4.69, 9.17) is 4.74 Å². The zero-order valence-electron chi connectivity index (χ0n) is 9.73. The van der Waals surface area contributed by atoms with Gasteiger partial charge in [-0.3, -0.25) is 5.32 Å². The van der Waals surface area contributed by atoms with Crippen LogP contribution < -0.4 is 5.32 Å². The first-order valence-electron chi connectivity index (χ1n) is 5.25. The molecular weight excluding hydrogens is 206 g/mol. The Kier molecular flexibility index (Phi) is 4.17. The quantitative estimate of drug-likeness (QED) is 0.828. The van der Waals surface area contributed by atoms with Crippen molar-refractivity contribution in [2.45, 2.75) is 26.9 Å². The summed E-state index contributed by atoms with van der Waals surface area (Å²) in [5.41, 5.74) is 0.515. The van der Waals surface area contributed by atoms with Crippen molar-refractivity contribution in [2.75, 3.05) is 5.32 Å². The fourth-order valence-corrected chi connectivity index (χ4v) is 1.04. The van der Waals surface area contributed by atoms with Gasteiger partial charge >= 0.3 is 6.09 Å². The van der Waals surface area contributed by atoms with Crippen molar-refractivity contribution in [3.63, 3.8) is 0 Å². The van der Waals surface area contributed by atoms with Crippen LogP contribution in [0.4, 0.5) is 10.5 Å². The lowest BCUT2D eigenvalue weighted by Crippen LogP contribution is -2.23. The molecule has 0 fully saturated rings. The van der Waals surface area contributed by atoms with Gasteiger partial charge in [0.15, 0.2) is 0 Å². The number of ether oxygens (including phenoxy) is 1. The van der Waals surface area contributed by atoms with E-state index in [-0.39, 0.29) is 17.8 Å². The van der Waals surface area contributed by atoms with Crippen molar-refractivity contribution in [1.82, 2.24) is 0 Å². The average Bonchev–Trinajstić information content (AvgIpc) is 2.16. The van der Waals surface area contributed by atoms with Gasteiger partial charge in [0.2, 0.25) is 0 Å². The van der Waals surface area contributed by atoms with Gasteiger partial charge in [0, 0.05) is 11.8 Å². The molecule has 0 aliphatic carbocycles. The van der Waals surface area contributed by atoms with Crippen LogP contribution in [0.5, 0.6) is 5.75 Å². The van der Waals surface area contributed by atoms with Crippen LogP contribution in [-0.4, -0.2) is 17.3 Å². The Morgan fingerprint density at radius 2 is 2.06 bits per heavy atom. The van der Waals surface area contributed by atoms with Crippen LogP contribution in [0.25, 0.3) is 0 Å². The second-order valence-electron chi connectivity index (χ2n) is 4.03. The summed E-state index contributed by atoms with van der Waals surface area (Å²) in [5, 5.41) is 11.8. The molecule has 1 rings (SSSR count). The van der Waals surface area contributed by atoms with Crippen LogP contribution in [0.2, 0.25) is 0 Å². The highest BCUT2D eigenvalue weighted by Crippen LogP contribution is 2.16. The van der Waals surface area contributed by atoms with Crippen LogP contribution in [0.3, 0.4) is 0 Å². The minimum absolute atomic E-state index is 0.106. The first kappa shape index (κ1) is 12.4. The van der Waals surface area contributed by atoms with Crippen molar-refractivity contribution in [2.24, 2.45) is 5.92 Å². The van der Waals surface area contributed by atoms with Crippen LogP contribution >= 0.6 is 0 Å². The first-order valence-corrected chi connectivity index (χ1v) is 5.25. The van der Waals surface area contributed by atoms with E-state index < -0.39 is 6.09 Å². The van der Waals surface area contributed by atoms with Gasteiger partial charge in [-0.15, -0.1) is 0 Å². The Bertz CT molecular complexity index is 363. The lowest BCUT2D eigenvalue weighted by Gasteiger charge is -2.16. The fraction of sp³-hybridized carbons (Fsp3) is 0.417. The molecule has 16 heavy (non-hydrogen) atoms. The summed E-state index contributed by atoms with van der Waals surface area (Å²) in [7, 11) is 0. The van der Waals surface area contributed by atoms with Crippen molar-refractivity contribution in [1.29, 1.82) is 0 Å². The van der Waals surface area contributed by atoms with Crippen LogP contribution in [0.1, 0.15) is 20.8 Å². The van der Waals surface area contributed by atoms with E-state index in [0.29, 0.717) is 5.69 Å². The smallest absolute Gasteiger partial charge is 0.411 e. The number of rotatable bonds is 3. The molecule has 2 N–H and O–H groups in total. The largest absolute Gasteiger partial charge is 0.508 e. The second kappa shape index (κ2) is 5.39. The Morgan fingerprint density at radius 1 is 1.38 bits per heavy atom. The van der Waals surface area contributed by atoms with Crippen molar-refractivity contribution < 1.29 is 14.6 Å². The number of carbonyl (C=O) groups excluding carboxylic acids is 1. The van der Waals surface area contributed by atoms with Gasteiger partial charge in [0.25, 0.3) is 0 Å². The highest BCUT2D eigenvalue weighted by atomic mass is 16.6. The van der Waals surface area contributed by atoms with E-state index in [1.165, 1.54) is 12.1 Å². The number of amides is 1. The number of hydrogen-bond acceptors (Lipinski definition) is 3. The molecular formula is C12H17NO3. The number of nitrogens with one attached hydrogen (secondary N) is 1. The summed E-state index contributed by atoms with van der Waals surface area (Å²) in [5.74, 6) is 0.379. The summed E-state index contributed by atoms with van der Waals surface area (Å²) < 4.78 is 5.12. The molecule has 0 saturated heterocycles. The third-order valence-corrected chi connectivity index (χ3v) is 2.32. The predicted octanol–water partition coefficient (Wildman–Crippen LogP) is 2.99. The maximum atomic E-state index is 11.4. The van der Waals surface area contributed by atoms with Gasteiger partial charge in [-0.2, -0.15) is 0 Å². The number of phenols is 1. The van der Waals surface area contributed by atoms with Crippen molar-refractivity contribution >= 4 is 11.8 Å². The molecule has 0 aromatic heterocycles. The number of carbonyl (C=O) groups is 1. The maximum Gasteiger partial charge on any atom is 0.411 e.